The Hall–Kier alpha value is -1.91. The minimum Gasteiger partial charge on any atom is -0.356 e. The van der Waals surface area contributed by atoms with Crippen LogP contribution in [0.25, 0.3) is 0 Å². The van der Waals surface area contributed by atoms with Crippen LogP contribution in [0.5, 0.6) is 0 Å². The zero-order chi connectivity index (χ0) is 17.1. The van der Waals surface area contributed by atoms with Gasteiger partial charge in [0.05, 0.1) is 5.92 Å². The second kappa shape index (κ2) is 7.32. The summed E-state index contributed by atoms with van der Waals surface area (Å²) in [6.45, 7) is 3.67. The van der Waals surface area contributed by atoms with Crippen molar-refractivity contribution in [2.75, 3.05) is 19.6 Å². The first-order chi connectivity index (χ1) is 11.6. The fraction of sp³-hybridized carbons (Fsp3) is 0.579. The molecule has 1 aromatic rings. The normalized spacial score (nSPS) is 23.3. The highest BCUT2D eigenvalue weighted by Gasteiger charge is 2.43. The smallest absolute Gasteiger partial charge is 0.225 e. The first kappa shape index (κ1) is 16.9. The second-order valence-corrected chi connectivity index (χ2v) is 6.93. The van der Waals surface area contributed by atoms with Crippen molar-refractivity contribution >= 4 is 11.8 Å². The van der Waals surface area contributed by atoms with Crippen LogP contribution in [0.3, 0.4) is 0 Å². The van der Waals surface area contributed by atoms with Crippen molar-refractivity contribution < 1.29 is 14.0 Å². The number of nitrogens with zero attached hydrogens (tertiary/aromatic N) is 1. The summed E-state index contributed by atoms with van der Waals surface area (Å²) in [6, 6.07) is 6.41. The average molecular weight is 332 g/mol. The van der Waals surface area contributed by atoms with E-state index in [0.717, 1.165) is 31.2 Å². The number of amides is 2. The Balaban J connectivity index is 1.76. The maximum Gasteiger partial charge on any atom is 0.225 e. The molecule has 1 saturated heterocycles. The predicted molar refractivity (Wildman–Crippen MR) is 89.9 cm³/mol. The summed E-state index contributed by atoms with van der Waals surface area (Å²) in [5, 5.41) is 2.97. The van der Waals surface area contributed by atoms with Gasteiger partial charge in [-0.3, -0.25) is 9.59 Å². The van der Waals surface area contributed by atoms with Gasteiger partial charge in [-0.1, -0.05) is 25.5 Å². The van der Waals surface area contributed by atoms with Crippen LogP contribution >= 0.6 is 0 Å². The van der Waals surface area contributed by atoms with Crippen molar-refractivity contribution in [3.8, 4) is 0 Å². The van der Waals surface area contributed by atoms with E-state index in [2.05, 4.69) is 12.2 Å². The highest BCUT2D eigenvalue weighted by molar-refractivity contribution is 5.85. The van der Waals surface area contributed by atoms with Crippen molar-refractivity contribution in [1.82, 2.24) is 10.2 Å². The summed E-state index contributed by atoms with van der Waals surface area (Å²) in [6.07, 6.45) is 3.86. The van der Waals surface area contributed by atoms with E-state index >= 15 is 0 Å². The van der Waals surface area contributed by atoms with E-state index < -0.39 is 0 Å². The van der Waals surface area contributed by atoms with Gasteiger partial charge in [0.1, 0.15) is 5.82 Å². The van der Waals surface area contributed by atoms with E-state index in [4.69, 9.17) is 0 Å². The summed E-state index contributed by atoms with van der Waals surface area (Å²) in [4.78, 5) is 26.8. The number of carbonyl (C=O) groups excluding carboxylic acids is 2. The van der Waals surface area contributed by atoms with Crippen LogP contribution in [0.4, 0.5) is 4.39 Å². The molecule has 2 atom stereocenters. The molecular weight excluding hydrogens is 307 g/mol. The fourth-order valence-electron chi connectivity index (χ4n) is 3.43. The maximum atomic E-state index is 13.6. The van der Waals surface area contributed by atoms with Gasteiger partial charge in [0.15, 0.2) is 0 Å². The van der Waals surface area contributed by atoms with Crippen LogP contribution in [-0.4, -0.2) is 36.3 Å². The van der Waals surface area contributed by atoms with Gasteiger partial charge in [0, 0.05) is 31.5 Å². The molecule has 0 radical (unpaired) electrons. The van der Waals surface area contributed by atoms with Crippen molar-refractivity contribution in [2.45, 2.75) is 38.5 Å². The topological polar surface area (TPSA) is 49.4 Å². The summed E-state index contributed by atoms with van der Waals surface area (Å²) in [7, 11) is 0. The second-order valence-electron chi connectivity index (χ2n) is 6.93. The number of rotatable bonds is 6. The fourth-order valence-corrected chi connectivity index (χ4v) is 3.43. The van der Waals surface area contributed by atoms with Crippen LogP contribution in [-0.2, 0) is 9.59 Å². The summed E-state index contributed by atoms with van der Waals surface area (Å²) >= 11 is 0. The van der Waals surface area contributed by atoms with Crippen LogP contribution in [0.1, 0.15) is 44.1 Å². The van der Waals surface area contributed by atoms with Gasteiger partial charge in [-0.05, 0) is 37.0 Å². The third kappa shape index (κ3) is 3.77. The highest BCUT2D eigenvalue weighted by Crippen LogP contribution is 2.38. The Morgan fingerprint density at radius 1 is 1.29 bits per heavy atom. The molecule has 2 unspecified atom stereocenters. The highest BCUT2D eigenvalue weighted by atomic mass is 19.1. The number of hydrogen-bond donors (Lipinski definition) is 1. The molecule has 2 fully saturated rings. The Morgan fingerprint density at radius 2 is 2.08 bits per heavy atom. The van der Waals surface area contributed by atoms with Crippen LogP contribution in [0, 0.1) is 17.7 Å². The maximum absolute atomic E-state index is 13.6. The summed E-state index contributed by atoms with van der Waals surface area (Å²) in [5.74, 6) is -0.467. The minimum absolute atomic E-state index is 0.0243. The molecular formula is C19H25FN2O2. The average Bonchev–Trinajstić information content (AvgIpc) is 3.32. The molecule has 1 N–H and O–H groups in total. The first-order valence-corrected chi connectivity index (χ1v) is 8.92. The number of carbonyl (C=O) groups is 2. The predicted octanol–water partition coefficient (Wildman–Crippen LogP) is 2.69. The summed E-state index contributed by atoms with van der Waals surface area (Å²) in [5.41, 5.74) is 0.803. The molecule has 1 saturated carbocycles. The van der Waals surface area contributed by atoms with E-state index in [0.29, 0.717) is 19.6 Å². The molecule has 1 heterocycles. The van der Waals surface area contributed by atoms with Gasteiger partial charge in [-0.25, -0.2) is 4.39 Å². The van der Waals surface area contributed by atoms with E-state index in [1.165, 1.54) is 12.1 Å². The molecule has 0 spiro atoms. The molecule has 0 aromatic heterocycles. The Kier molecular flexibility index (Phi) is 5.17. The van der Waals surface area contributed by atoms with Crippen LogP contribution < -0.4 is 5.32 Å². The summed E-state index contributed by atoms with van der Waals surface area (Å²) < 4.78 is 13.6. The zero-order valence-corrected chi connectivity index (χ0v) is 14.1. The van der Waals surface area contributed by atoms with Gasteiger partial charge in [0.2, 0.25) is 11.8 Å². The molecule has 1 aromatic carbocycles. The largest absolute Gasteiger partial charge is 0.356 e. The molecule has 3 rings (SSSR count). The van der Waals surface area contributed by atoms with E-state index in [-0.39, 0.29) is 35.4 Å². The lowest BCUT2D eigenvalue weighted by Gasteiger charge is -2.18. The van der Waals surface area contributed by atoms with E-state index in [9.17, 15) is 14.0 Å². The zero-order valence-electron chi connectivity index (χ0n) is 14.1. The lowest BCUT2D eigenvalue weighted by molar-refractivity contribution is -0.132. The van der Waals surface area contributed by atoms with Gasteiger partial charge < -0.3 is 10.2 Å². The molecule has 1 aliphatic heterocycles. The van der Waals surface area contributed by atoms with E-state index in [1.54, 1.807) is 11.0 Å². The third-order valence-electron chi connectivity index (χ3n) is 5.00. The van der Waals surface area contributed by atoms with Gasteiger partial charge in [0.25, 0.3) is 0 Å². The van der Waals surface area contributed by atoms with Crippen molar-refractivity contribution in [3.63, 3.8) is 0 Å². The molecule has 24 heavy (non-hydrogen) atoms. The van der Waals surface area contributed by atoms with Crippen LogP contribution in [0.2, 0.25) is 0 Å². The first-order valence-electron chi connectivity index (χ1n) is 8.92. The van der Waals surface area contributed by atoms with Gasteiger partial charge >= 0.3 is 0 Å². The number of likely N-dealkylation sites (tertiary alicyclic amines) is 1. The molecule has 130 valence electrons. The van der Waals surface area contributed by atoms with E-state index in [1.807, 2.05) is 6.07 Å². The Morgan fingerprint density at radius 3 is 2.75 bits per heavy atom. The number of halogens is 1. The molecule has 4 nitrogen and oxygen atoms in total. The minimum atomic E-state index is -0.301. The number of hydrogen-bond acceptors (Lipinski definition) is 2. The number of unbranched alkanes of at least 4 members (excludes halogenated alkanes) is 1. The van der Waals surface area contributed by atoms with Crippen molar-refractivity contribution in [2.24, 2.45) is 11.8 Å². The van der Waals surface area contributed by atoms with Gasteiger partial charge in [-0.15, -0.1) is 0 Å². The Bertz CT molecular complexity index is 615. The number of nitrogens with one attached hydrogen (secondary N) is 1. The molecule has 5 heteroatoms. The lowest BCUT2D eigenvalue weighted by atomic mass is 9.88. The quantitative estimate of drug-likeness (QED) is 0.814. The van der Waals surface area contributed by atoms with Crippen molar-refractivity contribution in [1.29, 1.82) is 0 Å². The molecule has 2 aliphatic rings. The van der Waals surface area contributed by atoms with Crippen LogP contribution in [0.15, 0.2) is 24.3 Å². The molecule has 0 bridgehead atoms. The molecule has 1 aliphatic carbocycles. The monoisotopic (exact) mass is 332 g/mol. The molecule has 2 amide bonds. The van der Waals surface area contributed by atoms with Gasteiger partial charge in [-0.2, -0.15) is 0 Å². The number of benzene rings is 1. The SMILES string of the molecule is CCCCNC(=O)C1CN(C(=O)C2CC2)CC1c1cccc(F)c1. The Labute approximate surface area is 142 Å². The standard InChI is InChI=1S/C19H25FN2O2/c1-2-3-9-21-18(23)17-12-22(19(24)13-7-8-13)11-16(17)14-5-4-6-15(20)10-14/h4-6,10,13,16-17H,2-3,7-9,11-12H2,1H3,(H,21,23). The van der Waals surface area contributed by atoms with Crippen molar-refractivity contribution in [3.05, 3.63) is 35.6 Å². The lowest BCUT2D eigenvalue weighted by Crippen LogP contribution is -2.36. The third-order valence-corrected chi connectivity index (χ3v) is 5.00.